The van der Waals surface area contributed by atoms with E-state index < -0.39 is 0 Å². The van der Waals surface area contributed by atoms with Gasteiger partial charge in [-0.25, -0.2) is 9.37 Å². The molecule has 0 spiro atoms. The largest absolute Gasteiger partial charge is 0.493 e. The van der Waals surface area contributed by atoms with E-state index in [-0.39, 0.29) is 23.7 Å². The van der Waals surface area contributed by atoms with Crippen molar-refractivity contribution in [2.24, 2.45) is 0 Å². The molecule has 0 saturated carbocycles. The van der Waals surface area contributed by atoms with Crippen LogP contribution < -0.4 is 9.47 Å². The first kappa shape index (κ1) is 29.0. The second kappa shape index (κ2) is 12.4. The number of carbonyl (C=O) groups excluding carboxylic acids is 2. The first-order valence-electron chi connectivity index (χ1n) is 15.6. The highest BCUT2D eigenvalue weighted by molar-refractivity contribution is 6.01. The van der Waals surface area contributed by atoms with Crippen LogP contribution in [0.4, 0.5) is 4.39 Å². The Bertz CT molecular complexity index is 1760. The molecular formula is C35H36FN5O4. The van der Waals surface area contributed by atoms with Gasteiger partial charge in [0.2, 0.25) is 0 Å². The number of carbonyl (C=O) groups is 2. The topological polar surface area (TPSA) is 79.6 Å². The third kappa shape index (κ3) is 5.66. The summed E-state index contributed by atoms with van der Waals surface area (Å²) in [7, 11) is 1.60. The van der Waals surface area contributed by atoms with Crippen LogP contribution >= 0.6 is 0 Å². The number of ether oxygens (including phenoxy) is 2. The Morgan fingerprint density at radius 1 is 1.02 bits per heavy atom. The number of nitrogens with zero attached hydrogens (tertiary/aromatic N) is 5. The van der Waals surface area contributed by atoms with Gasteiger partial charge in [-0.15, -0.1) is 0 Å². The van der Waals surface area contributed by atoms with Crippen molar-refractivity contribution in [2.75, 3.05) is 53.0 Å². The van der Waals surface area contributed by atoms with Crippen LogP contribution in [0.3, 0.4) is 0 Å². The third-order valence-electron chi connectivity index (χ3n) is 9.01. The summed E-state index contributed by atoms with van der Waals surface area (Å²) in [6.45, 7) is 4.86. The SMILES string of the molecule is COc1cc2c(cc1OCCCN1CCN(C(=O)c3nc(-c4ccc(F)cc4)n4ccccc34)CC1)C=C[C@@H]1CCCN1C2=O. The van der Waals surface area contributed by atoms with Gasteiger partial charge in [0, 0.05) is 51.0 Å². The van der Waals surface area contributed by atoms with Crippen molar-refractivity contribution in [1.29, 1.82) is 0 Å². The lowest BCUT2D eigenvalue weighted by molar-refractivity contribution is 0.0627. The van der Waals surface area contributed by atoms with Crippen molar-refractivity contribution in [1.82, 2.24) is 24.1 Å². The van der Waals surface area contributed by atoms with Crippen LogP contribution in [-0.4, -0.2) is 94.9 Å². The minimum Gasteiger partial charge on any atom is -0.493 e. The van der Waals surface area contributed by atoms with E-state index in [9.17, 15) is 14.0 Å². The molecule has 2 aromatic carbocycles. The number of methoxy groups -OCH3 is 1. The standard InChI is InChI=1S/C35H36FN5O4/c1-44-30-23-28-25(10-13-27-6-4-16-40(27)34(28)42)22-31(30)45-21-5-14-38-17-19-39(20-18-38)35(43)32-29-7-2-3-15-41(29)33(37-32)24-8-11-26(36)12-9-24/h2-3,7-13,15,22-23,27H,4-6,14,16-21H2,1H3/t27-/m0/s1. The first-order chi connectivity index (χ1) is 22.0. The number of benzene rings is 2. The van der Waals surface area contributed by atoms with Crippen molar-refractivity contribution >= 4 is 23.4 Å². The number of amides is 2. The highest BCUT2D eigenvalue weighted by Gasteiger charge is 2.32. The summed E-state index contributed by atoms with van der Waals surface area (Å²) < 4.78 is 27.2. The zero-order chi connectivity index (χ0) is 30.9. The van der Waals surface area contributed by atoms with E-state index in [1.807, 2.05) is 50.7 Å². The van der Waals surface area contributed by atoms with Gasteiger partial charge in [0.1, 0.15) is 11.6 Å². The summed E-state index contributed by atoms with van der Waals surface area (Å²) in [6.07, 6.45) is 8.87. The van der Waals surface area contributed by atoms with Crippen molar-refractivity contribution in [3.8, 4) is 22.9 Å². The number of hydrogen-bond acceptors (Lipinski definition) is 6. The Morgan fingerprint density at radius 2 is 1.84 bits per heavy atom. The maximum absolute atomic E-state index is 13.6. The number of fused-ring (bicyclic) bond motifs is 3. The maximum atomic E-state index is 13.6. The second-order valence-electron chi connectivity index (χ2n) is 11.7. The normalized spacial score (nSPS) is 18.2. The quantitative estimate of drug-likeness (QED) is 0.262. The smallest absolute Gasteiger partial charge is 0.274 e. The van der Waals surface area contributed by atoms with Crippen molar-refractivity contribution in [3.05, 3.63) is 89.5 Å². The first-order valence-corrected chi connectivity index (χ1v) is 15.6. The van der Waals surface area contributed by atoms with E-state index in [4.69, 9.17) is 14.5 Å². The molecular weight excluding hydrogens is 573 g/mol. The highest BCUT2D eigenvalue weighted by atomic mass is 19.1. The monoisotopic (exact) mass is 609 g/mol. The van der Waals surface area contributed by atoms with Gasteiger partial charge in [-0.3, -0.25) is 18.9 Å². The molecule has 45 heavy (non-hydrogen) atoms. The van der Waals surface area contributed by atoms with Gasteiger partial charge in [0.15, 0.2) is 17.2 Å². The van der Waals surface area contributed by atoms with Crippen molar-refractivity contribution in [2.45, 2.75) is 25.3 Å². The average Bonchev–Trinajstić information content (AvgIpc) is 3.68. The molecule has 0 N–H and O–H groups in total. The Morgan fingerprint density at radius 3 is 2.64 bits per heavy atom. The number of aromatic nitrogens is 2. The summed E-state index contributed by atoms with van der Waals surface area (Å²) in [5, 5.41) is 0. The number of imidazole rings is 1. The molecule has 0 aliphatic carbocycles. The molecule has 0 bridgehead atoms. The van der Waals surface area contributed by atoms with Crippen LogP contribution in [0.15, 0.2) is 66.9 Å². The number of rotatable bonds is 8. The maximum Gasteiger partial charge on any atom is 0.274 e. The van der Waals surface area contributed by atoms with E-state index in [2.05, 4.69) is 11.0 Å². The van der Waals surface area contributed by atoms with E-state index in [0.717, 1.165) is 62.1 Å². The summed E-state index contributed by atoms with van der Waals surface area (Å²) in [5.74, 6) is 1.45. The Hall–Kier alpha value is -4.70. The summed E-state index contributed by atoms with van der Waals surface area (Å²) in [5.41, 5.74) is 3.40. The number of piperazine rings is 1. The summed E-state index contributed by atoms with van der Waals surface area (Å²) in [4.78, 5) is 37.6. The lowest BCUT2D eigenvalue weighted by atomic mass is 10.1. The molecule has 3 aliphatic rings. The van der Waals surface area contributed by atoms with Gasteiger partial charge in [0.25, 0.3) is 11.8 Å². The Labute approximate surface area is 261 Å². The average molecular weight is 610 g/mol. The van der Waals surface area contributed by atoms with Crippen LogP contribution in [0.25, 0.3) is 23.0 Å². The molecule has 1 atom stereocenters. The minimum absolute atomic E-state index is 0.0504. The molecule has 3 aliphatic heterocycles. The minimum atomic E-state index is -0.315. The zero-order valence-corrected chi connectivity index (χ0v) is 25.3. The van der Waals surface area contributed by atoms with Crippen LogP contribution in [0, 0.1) is 5.82 Å². The molecule has 2 fully saturated rings. The molecule has 7 rings (SSSR count). The number of halogens is 1. The van der Waals surface area contributed by atoms with Crippen molar-refractivity contribution in [3.63, 3.8) is 0 Å². The number of pyridine rings is 1. The molecule has 5 heterocycles. The van der Waals surface area contributed by atoms with Gasteiger partial charge in [-0.2, -0.15) is 0 Å². The zero-order valence-electron chi connectivity index (χ0n) is 25.3. The van der Waals surface area contributed by atoms with Crippen LogP contribution in [0.2, 0.25) is 0 Å². The number of hydrogen-bond donors (Lipinski definition) is 0. The lowest BCUT2D eigenvalue weighted by Gasteiger charge is -2.34. The third-order valence-corrected chi connectivity index (χ3v) is 9.01. The predicted molar refractivity (Wildman–Crippen MR) is 169 cm³/mol. The molecule has 9 nitrogen and oxygen atoms in total. The van der Waals surface area contributed by atoms with Crippen LogP contribution in [-0.2, 0) is 0 Å². The van der Waals surface area contributed by atoms with E-state index in [1.165, 1.54) is 12.1 Å². The fraction of sp³-hybridized carbons (Fsp3) is 0.343. The van der Waals surface area contributed by atoms with E-state index in [1.54, 1.807) is 25.3 Å². The molecule has 2 aromatic heterocycles. The summed E-state index contributed by atoms with van der Waals surface area (Å²) in [6, 6.07) is 15.7. The predicted octanol–water partition coefficient (Wildman–Crippen LogP) is 5.01. The van der Waals surface area contributed by atoms with E-state index in [0.29, 0.717) is 48.3 Å². The molecule has 0 radical (unpaired) electrons. The van der Waals surface area contributed by atoms with Crippen LogP contribution in [0.5, 0.6) is 11.5 Å². The van der Waals surface area contributed by atoms with Crippen LogP contribution in [0.1, 0.15) is 45.7 Å². The van der Waals surface area contributed by atoms with Gasteiger partial charge in [-0.05, 0) is 73.4 Å². The molecule has 10 heteroatoms. The fourth-order valence-corrected chi connectivity index (χ4v) is 6.58. The molecule has 2 amide bonds. The second-order valence-corrected chi connectivity index (χ2v) is 11.7. The van der Waals surface area contributed by atoms with Gasteiger partial charge in [0.05, 0.1) is 30.8 Å². The van der Waals surface area contributed by atoms with Gasteiger partial charge < -0.3 is 19.3 Å². The Kier molecular flexibility index (Phi) is 7.97. The molecule has 0 unspecified atom stereocenters. The fourth-order valence-electron chi connectivity index (χ4n) is 6.58. The highest BCUT2D eigenvalue weighted by Crippen LogP contribution is 2.35. The van der Waals surface area contributed by atoms with Crippen molar-refractivity contribution < 1.29 is 23.5 Å². The van der Waals surface area contributed by atoms with Gasteiger partial charge in [-0.1, -0.05) is 18.2 Å². The lowest BCUT2D eigenvalue weighted by Crippen LogP contribution is -2.49. The van der Waals surface area contributed by atoms with Gasteiger partial charge >= 0.3 is 0 Å². The molecule has 2 saturated heterocycles. The van der Waals surface area contributed by atoms with E-state index >= 15 is 0 Å². The Balaban J connectivity index is 0.946. The summed E-state index contributed by atoms with van der Waals surface area (Å²) >= 11 is 0. The molecule has 232 valence electrons. The molecule has 4 aromatic rings.